The Labute approximate surface area is 177 Å². The van der Waals surface area contributed by atoms with Gasteiger partial charge in [-0.3, -0.25) is 4.79 Å². The predicted octanol–water partition coefficient (Wildman–Crippen LogP) is 2.47. The maximum Gasteiger partial charge on any atom is 0.227 e. The van der Waals surface area contributed by atoms with Crippen LogP contribution in [0.3, 0.4) is 0 Å². The average molecular weight is 434 g/mol. The van der Waals surface area contributed by atoms with Crippen molar-refractivity contribution in [1.82, 2.24) is 4.90 Å². The van der Waals surface area contributed by atoms with Crippen LogP contribution in [0.1, 0.15) is 17.5 Å². The molecule has 1 aliphatic heterocycles. The quantitative estimate of drug-likeness (QED) is 0.636. The minimum Gasteiger partial charge on any atom is -0.493 e. The van der Waals surface area contributed by atoms with Crippen LogP contribution in [0.2, 0.25) is 0 Å². The lowest BCUT2D eigenvalue weighted by atomic mass is 10.1. The number of carbonyl (C=O) groups excluding carboxylic acids is 1. The van der Waals surface area contributed by atoms with E-state index < -0.39 is 9.84 Å². The number of carbonyl (C=O) groups is 1. The number of hydrogen-bond acceptors (Lipinski definition) is 6. The van der Waals surface area contributed by atoms with Crippen LogP contribution >= 0.6 is 0 Å². The number of ether oxygens (including phenoxy) is 3. The van der Waals surface area contributed by atoms with E-state index in [2.05, 4.69) is 0 Å². The molecule has 0 unspecified atom stereocenters. The van der Waals surface area contributed by atoms with Crippen molar-refractivity contribution in [3.8, 4) is 17.2 Å². The number of hydrogen-bond donors (Lipinski definition) is 0. The second-order valence-electron chi connectivity index (χ2n) is 7.23. The third kappa shape index (κ3) is 4.87. The molecule has 0 aromatic heterocycles. The summed E-state index contributed by atoms with van der Waals surface area (Å²) in [6.45, 7) is 0.357. The molecule has 3 rings (SSSR count). The van der Waals surface area contributed by atoms with Gasteiger partial charge in [0.05, 0.1) is 39.3 Å². The zero-order valence-corrected chi connectivity index (χ0v) is 18.3. The maximum absolute atomic E-state index is 13.3. The molecule has 1 heterocycles. The fourth-order valence-corrected chi connectivity index (χ4v) is 5.52. The van der Waals surface area contributed by atoms with Crippen molar-refractivity contribution in [2.75, 3.05) is 32.8 Å². The lowest BCUT2D eigenvalue weighted by Crippen LogP contribution is -2.41. The molecule has 1 fully saturated rings. The van der Waals surface area contributed by atoms with Crippen LogP contribution in [0.4, 0.5) is 0 Å². The summed E-state index contributed by atoms with van der Waals surface area (Å²) < 4.78 is 40.3. The lowest BCUT2D eigenvalue weighted by molar-refractivity contribution is -0.133. The molecule has 0 saturated carbocycles. The Bertz CT molecular complexity index is 990. The molecule has 0 spiro atoms. The summed E-state index contributed by atoms with van der Waals surface area (Å²) in [6.07, 6.45) is 0.511. The van der Waals surface area contributed by atoms with E-state index >= 15 is 0 Å². The highest BCUT2D eigenvalue weighted by molar-refractivity contribution is 7.91. The first-order chi connectivity index (χ1) is 14.4. The molecule has 1 aliphatic rings. The molecule has 1 atom stereocenters. The number of nitrogens with zero attached hydrogens (tertiary/aromatic N) is 1. The fourth-order valence-electron chi connectivity index (χ4n) is 3.79. The summed E-state index contributed by atoms with van der Waals surface area (Å²) in [5.74, 6) is 1.30. The third-order valence-corrected chi connectivity index (χ3v) is 7.04. The van der Waals surface area contributed by atoms with Gasteiger partial charge in [0.15, 0.2) is 21.3 Å². The number of rotatable bonds is 8. The van der Waals surface area contributed by atoms with Gasteiger partial charge in [-0.05, 0) is 18.1 Å². The Balaban J connectivity index is 1.90. The number of sulfone groups is 1. The molecule has 1 saturated heterocycles. The monoisotopic (exact) mass is 433 g/mol. The van der Waals surface area contributed by atoms with Gasteiger partial charge >= 0.3 is 0 Å². The second kappa shape index (κ2) is 9.38. The van der Waals surface area contributed by atoms with Crippen molar-refractivity contribution < 1.29 is 27.4 Å². The summed E-state index contributed by atoms with van der Waals surface area (Å²) in [5, 5.41) is 0. The van der Waals surface area contributed by atoms with E-state index in [9.17, 15) is 13.2 Å². The first-order valence-corrected chi connectivity index (χ1v) is 11.5. The van der Waals surface area contributed by atoms with Crippen molar-refractivity contribution in [3.63, 3.8) is 0 Å². The van der Waals surface area contributed by atoms with E-state index in [-0.39, 0.29) is 29.9 Å². The van der Waals surface area contributed by atoms with Gasteiger partial charge in [-0.15, -0.1) is 0 Å². The Morgan fingerprint density at radius 3 is 2.27 bits per heavy atom. The summed E-state index contributed by atoms with van der Waals surface area (Å²) in [6, 6.07) is 12.7. The summed E-state index contributed by atoms with van der Waals surface area (Å²) >= 11 is 0. The molecular weight excluding hydrogens is 406 g/mol. The van der Waals surface area contributed by atoms with Crippen LogP contribution in [-0.2, 0) is 27.6 Å². The van der Waals surface area contributed by atoms with Crippen molar-refractivity contribution in [1.29, 1.82) is 0 Å². The van der Waals surface area contributed by atoms with Gasteiger partial charge in [0, 0.05) is 18.2 Å². The molecule has 2 aromatic carbocycles. The Morgan fingerprint density at radius 2 is 1.70 bits per heavy atom. The van der Waals surface area contributed by atoms with E-state index in [1.54, 1.807) is 17.0 Å². The van der Waals surface area contributed by atoms with Crippen molar-refractivity contribution in [2.45, 2.75) is 25.4 Å². The molecule has 0 N–H and O–H groups in total. The lowest BCUT2D eigenvalue weighted by Gasteiger charge is -2.29. The standard InChI is InChI=1S/C22H27NO6S/c1-27-19-10-9-17(21(28-2)22(19)29-3)13-20(24)23(14-16-7-5-4-6-8-16)18-11-12-30(25,26)15-18/h4-10,18H,11-15H2,1-3H3/t18-/m1/s1. The molecular formula is C22H27NO6S. The first kappa shape index (κ1) is 22.0. The average Bonchev–Trinajstić information content (AvgIpc) is 3.11. The van der Waals surface area contributed by atoms with E-state index in [1.165, 1.54) is 21.3 Å². The minimum atomic E-state index is -3.13. The predicted molar refractivity (Wildman–Crippen MR) is 114 cm³/mol. The van der Waals surface area contributed by atoms with Crippen molar-refractivity contribution in [2.24, 2.45) is 0 Å². The maximum atomic E-state index is 13.3. The smallest absolute Gasteiger partial charge is 0.227 e. The Kier molecular flexibility index (Phi) is 6.87. The topological polar surface area (TPSA) is 82.1 Å². The van der Waals surface area contributed by atoms with Crippen molar-refractivity contribution in [3.05, 3.63) is 53.6 Å². The molecule has 8 heteroatoms. The number of benzene rings is 2. The molecule has 162 valence electrons. The van der Waals surface area contributed by atoms with Gasteiger partial charge in [0.1, 0.15) is 0 Å². The zero-order valence-electron chi connectivity index (χ0n) is 17.5. The van der Waals surface area contributed by atoms with Gasteiger partial charge in [-0.2, -0.15) is 0 Å². The molecule has 1 amide bonds. The van der Waals surface area contributed by atoms with E-state index in [0.717, 1.165) is 5.56 Å². The normalized spacial score (nSPS) is 17.4. The van der Waals surface area contributed by atoms with E-state index in [1.807, 2.05) is 30.3 Å². The molecule has 0 aliphatic carbocycles. The molecule has 30 heavy (non-hydrogen) atoms. The van der Waals surface area contributed by atoms with Crippen LogP contribution in [0.5, 0.6) is 17.2 Å². The Morgan fingerprint density at radius 1 is 1.00 bits per heavy atom. The molecule has 7 nitrogen and oxygen atoms in total. The zero-order chi connectivity index (χ0) is 21.7. The highest BCUT2D eigenvalue weighted by Gasteiger charge is 2.35. The summed E-state index contributed by atoms with van der Waals surface area (Å²) in [7, 11) is 1.43. The van der Waals surface area contributed by atoms with Gasteiger partial charge < -0.3 is 19.1 Å². The van der Waals surface area contributed by atoms with Crippen LogP contribution in [0.15, 0.2) is 42.5 Å². The number of amides is 1. The second-order valence-corrected chi connectivity index (χ2v) is 9.46. The van der Waals surface area contributed by atoms with Crippen LogP contribution < -0.4 is 14.2 Å². The SMILES string of the molecule is COc1ccc(CC(=O)N(Cc2ccccc2)[C@@H]2CCS(=O)(=O)C2)c(OC)c1OC. The summed E-state index contributed by atoms with van der Waals surface area (Å²) in [5.41, 5.74) is 1.61. The highest BCUT2D eigenvalue weighted by atomic mass is 32.2. The van der Waals surface area contributed by atoms with Crippen molar-refractivity contribution >= 4 is 15.7 Å². The van der Waals surface area contributed by atoms with Crippen LogP contribution in [-0.4, -0.2) is 58.1 Å². The Hall–Kier alpha value is -2.74. The fraction of sp³-hybridized carbons (Fsp3) is 0.409. The van der Waals surface area contributed by atoms with Crippen LogP contribution in [0.25, 0.3) is 0 Å². The molecule has 0 radical (unpaired) electrons. The first-order valence-electron chi connectivity index (χ1n) is 9.70. The molecule has 2 aromatic rings. The summed E-state index contributed by atoms with van der Waals surface area (Å²) in [4.78, 5) is 15.0. The van der Waals surface area contributed by atoms with Gasteiger partial charge in [0.25, 0.3) is 0 Å². The van der Waals surface area contributed by atoms with Gasteiger partial charge in [-0.1, -0.05) is 36.4 Å². The minimum absolute atomic E-state index is 0.00532. The van der Waals surface area contributed by atoms with Gasteiger partial charge in [0.2, 0.25) is 11.7 Å². The number of methoxy groups -OCH3 is 3. The van der Waals surface area contributed by atoms with Gasteiger partial charge in [-0.25, -0.2) is 8.42 Å². The third-order valence-electron chi connectivity index (χ3n) is 5.29. The largest absolute Gasteiger partial charge is 0.493 e. The van der Waals surface area contributed by atoms with E-state index in [4.69, 9.17) is 14.2 Å². The van der Waals surface area contributed by atoms with E-state index in [0.29, 0.717) is 35.8 Å². The molecule has 0 bridgehead atoms. The van der Waals surface area contributed by atoms with Crippen LogP contribution in [0, 0.1) is 0 Å². The highest BCUT2D eigenvalue weighted by Crippen LogP contribution is 2.40.